The van der Waals surface area contributed by atoms with Crippen molar-refractivity contribution in [2.24, 2.45) is 0 Å². The molecule has 2 heterocycles. The van der Waals surface area contributed by atoms with E-state index < -0.39 is 0 Å². The van der Waals surface area contributed by atoms with E-state index in [1.807, 2.05) is 59.5 Å². The molecule has 1 N–H and O–H groups in total. The summed E-state index contributed by atoms with van der Waals surface area (Å²) in [6.07, 6.45) is 6.07. The van der Waals surface area contributed by atoms with Gasteiger partial charge in [-0.15, -0.1) is 0 Å². The second-order valence-electron chi connectivity index (χ2n) is 6.24. The van der Waals surface area contributed by atoms with Crippen LogP contribution in [-0.4, -0.2) is 46.2 Å². The molecule has 0 aliphatic rings. The Bertz CT molecular complexity index is 843. The van der Waals surface area contributed by atoms with Crippen LogP contribution >= 0.6 is 0 Å². The highest BCUT2D eigenvalue weighted by Gasteiger charge is 2.12. The van der Waals surface area contributed by atoms with Crippen molar-refractivity contribution in [3.05, 3.63) is 66.6 Å². The Balaban J connectivity index is 1.79. The Kier molecular flexibility index (Phi) is 5.76. The Morgan fingerprint density at radius 3 is 2.65 bits per heavy atom. The molecule has 3 aromatic rings. The summed E-state index contributed by atoms with van der Waals surface area (Å²) in [5, 5.41) is 8.10. The van der Waals surface area contributed by atoms with Crippen molar-refractivity contribution >= 4 is 5.91 Å². The number of nitrogens with zero attached hydrogens (tertiary/aromatic N) is 4. The number of benzene rings is 1. The first-order valence-electron chi connectivity index (χ1n) is 8.60. The van der Waals surface area contributed by atoms with E-state index in [0.29, 0.717) is 19.5 Å². The standard InChI is InChI=1S/C20H23N5O/c1-24(2)19(26)10-12-22-14-17-15-25(18-8-4-3-5-9-18)23-20(17)16-7-6-11-21-13-16/h3-9,11,13,15,22H,10,12,14H2,1-2H3. The minimum atomic E-state index is 0.116. The first-order chi connectivity index (χ1) is 12.6. The fourth-order valence-electron chi connectivity index (χ4n) is 2.64. The number of para-hydroxylation sites is 1. The van der Waals surface area contributed by atoms with Gasteiger partial charge in [-0.2, -0.15) is 5.10 Å². The summed E-state index contributed by atoms with van der Waals surface area (Å²) in [4.78, 5) is 17.5. The largest absolute Gasteiger partial charge is 0.349 e. The van der Waals surface area contributed by atoms with Gasteiger partial charge in [-0.1, -0.05) is 18.2 Å². The minimum Gasteiger partial charge on any atom is -0.349 e. The van der Waals surface area contributed by atoms with Gasteiger partial charge in [-0.3, -0.25) is 9.78 Å². The lowest BCUT2D eigenvalue weighted by atomic mass is 10.1. The van der Waals surface area contributed by atoms with Crippen LogP contribution in [0.25, 0.3) is 16.9 Å². The van der Waals surface area contributed by atoms with Gasteiger partial charge in [0.1, 0.15) is 0 Å². The van der Waals surface area contributed by atoms with Gasteiger partial charge in [0.2, 0.25) is 5.91 Å². The smallest absolute Gasteiger partial charge is 0.223 e. The SMILES string of the molecule is CN(C)C(=O)CCNCc1cn(-c2ccccc2)nc1-c1cccnc1. The molecule has 0 atom stereocenters. The topological polar surface area (TPSA) is 63.1 Å². The summed E-state index contributed by atoms with van der Waals surface area (Å²) >= 11 is 0. The predicted molar refractivity (Wildman–Crippen MR) is 102 cm³/mol. The number of aromatic nitrogens is 3. The van der Waals surface area contributed by atoms with Crippen LogP contribution in [-0.2, 0) is 11.3 Å². The van der Waals surface area contributed by atoms with E-state index in [1.54, 1.807) is 25.2 Å². The third kappa shape index (κ3) is 4.34. The van der Waals surface area contributed by atoms with E-state index in [4.69, 9.17) is 5.10 Å². The zero-order valence-corrected chi connectivity index (χ0v) is 15.1. The van der Waals surface area contributed by atoms with Gasteiger partial charge >= 0.3 is 0 Å². The van der Waals surface area contributed by atoms with Crippen molar-refractivity contribution in [2.45, 2.75) is 13.0 Å². The molecule has 0 saturated heterocycles. The maximum atomic E-state index is 11.7. The summed E-state index contributed by atoms with van der Waals surface area (Å²) in [6, 6.07) is 13.9. The van der Waals surface area contributed by atoms with Crippen LogP contribution < -0.4 is 5.32 Å². The molecule has 0 unspecified atom stereocenters. The van der Waals surface area contributed by atoms with Gasteiger partial charge in [0.05, 0.1) is 11.4 Å². The molecule has 1 aromatic carbocycles. The van der Waals surface area contributed by atoms with Crippen LogP contribution in [0.1, 0.15) is 12.0 Å². The van der Waals surface area contributed by atoms with Crippen molar-refractivity contribution in [1.82, 2.24) is 25.0 Å². The summed E-state index contributed by atoms with van der Waals surface area (Å²) in [5.41, 5.74) is 3.95. The predicted octanol–water partition coefficient (Wildman–Crippen LogP) is 2.50. The average molecular weight is 349 g/mol. The molecule has 0 saturated carbocycles. The fraction of sp³-hybridized carbons (Fsp3) is 0.250. The maximum absolute atomic E-state index is 11.7. The Morgan fingerprint density at radius 1 is 1.15 bits per heavy atom. The van der Waals surface area contributed by atoms with E-state index in [9.17, 15) is 4.79 Å². The quantitative estimate of drug-likeness (QED) is 0.666. The summed E-state index contributed by atoms with van der Waals surface area (Å²) < 4.78 is 1.88. The highest BCUT2D eigenvalue weighted by molar-refractivity contribution is 5.75. The lowest BCUT2D eigenvalue weighted by molar-refractivity contribution is -0.128. The normalized spacial score (nSPS) is 10.7. The highest BCUT2D eigenvalue weighted by Crippen LogP contribution is 2.22. The Morgan fingerprint density at radius 2 is 1.96 bits per heavy atom. The Hall–Kier alpha value is -2.99. The monoisotopic (exact) mass is 349 g/mol. The number of pyridine rings is 1. The van der Waals surface area contributed by atoms with Crippen LogP contribution in [0.15, 0.2) is 61.1 Å². The zero-order valence-electron chi connectivity index (χ0n) is 15.1. The number of rotatable bonds is 7. The first kappa shape index (κ1) is 17.8. The molecule has 1 amide bonds. The molecule has 0 radical (unpaired) electrons. The second-order valence-corrected chi connectivity index (χ2v) is 6.24. The molecular weight excluding hydrogens is 326 g/mol. The van der Waals surface area contributed by atoms with E-state index in [1.165, 1.54) is 0 Å². The van der Waals surface area contributed by atoms with E-state index in [-0.39, 0.29) is 5.91 Å². The third-order valence-electron chi connectivity index (χ3n) is 4.08. The molecule has 134 valence electrons. The molecular formula is C20H23N5O. The minimum absolute atomic E-state index is 0.116. The summed E-state index contributed by atoms with van der Waals surface area (Å²) in [5.74, 6) is 0.116. The van der Waals surface area contributed by atoms with Crippen LogP contribution in [0.5, 0.6) is 0 Å². The molecule has 0 spiro atoms. The van der Waals surface area contributed by atoms with E-state index in [0.717, 1.165) is 22.5 Å². The third-order valence-corrected chi connectivity index (χ3v) is 4.08. The lowest BCUT2D eigenvalue weighted by Crippen LogP contribution is -2.26. The molecule has 2 aromatic heterocycles. The molecule has 26 heavy (non-hydrogen) atoms. The van der Waals surface area contributed by atoms with Gasteiger partial charge < -0.3 is 10.2 Å². The number of amides is 1. The van der Waals surface area contributed by atoms with Gasteiger partial charge in [0, 0.05) is 63.3 Å². The first-order valence-corrected chi connectivity index (χ1v) is 8.60. The zero-order chi connectivity index (χ0) is 18.4. The molecule has 6 nitrogen and oxygen atoms in total. The number of nitrogens with one attached hydrogen (secondary N) is 1. The van der Waals surface area contributed by atoms with Gasteiger partial charge in [-0.25, -0.2) is 4.68 Å². The maximum Gasteiger partial charge on any atom is 0.223 e. The van der Waals surface area contributed by atoms with Crippen molar-refractivity contribution in [2.75, 3.05) is 20.6 Å². The van der Waals surface area contributed by atoms with Crippen LogP contribution in [0.4, 0.5) is 0 Å². The van der Waals surface area contributed by atoms with Gasteiger partial charge in [0.15, 0.2) is 0 Å². The number of hydrogen-bond acceptors (Lipinski definition) is 4. The van der Waals surface area contributed by atoms with Crippen LogP contribution in [0.3, 0.4) is 0 Å². The molecule has 0 fully saturated rings. The van der Waals surface area contributed by atoms with Crippen molar-refractivity contribution < 1.29 is 4.79 Å². The van der Waals surface area contributed by atoms with Gasteiger partial charge in [0.25, 0.3) is 0 Å². The van der Waals surface area contributed by atoms with Crippen molar-refractivity contribution in [3.63, 3.8) is 0 Å². The van der Waals surface area contributed by atoms with Gasteiger partial charge in [-0.05, 0) is 24.3 Å². The van der Waals surface area contributed by atoms with Crippen molar-refractivity contribution in [3.8, 4) is 16.9 Å². The number of carbonyl (C=O) groups excluding carboxylic acids is 1. The van der Waals surface area contributed by atoms with Crippen LogP contribution in [0, 0.1) is 0 Å². The summed E-state index contributed by atoms with van der Waals surface area (Å²) in [6.45, 7) is 1.26. The average Bonchev–Trinajstić information content (AvgIpc) is 3.10. The summed E-state index contributed by atoms with van der Waals surface area (Å²) in [7, 11) is 3.54. The molecule has 0 aliphatic heterocycles. The lowest BCUT2D eigenvalue weighted by Gasteiger charge is -2.10. The molecule has 0 aliphatic carbocycles. The number of hydrogen-bond donors (Lipinski definition) is 1. The molecule has 0 bridgehead atoms. The number of carbonyl (C=O) groups is 1. The molecule has 6 heteroatoms. The second kappa shape index (κ2) is 8.40. The van der Waals surface area contributed by atoms with E-state index >= 15 is 0 Å². The fourth-order valence-corrected chi connectivity index (χ4v) is 2.64. The molecule has 3 rings (SSSR count). The van der Waals surface area contributed by atoms with E-state index in [2.05, 4.69) is 10.3 Å². The van der Waals surface area contributed by atoms with Crippen LogP contribution in [0.2, 0.25) is 0 Å². The highest BCUT2D eigenvalue weighted by atomic mass is 16.2. The van der Waals surface area contributed by atoms with Crippen molar-refractivity contribution in [1.29, 1.82) is 0 Å². The Labute approximate surface area is 153 Å².